The van der Waals surface area contributed by atoms with Gasteiger partial charge in [0.25, 0.3) is 0 Å². The molecule has 0 fully saturated rings. The average molecular weight is 326 g/mol. The van der Waals surface area contributed by atoms with E-state index in [1.807, 2.05) is 0 Å². The van der Waals surface area contributed by atoms with Gasteiger partial charge in [-0.05, 0) is 0 Å². The summed E-state index contributed by atoms with van der Waals surface area (Å²) in [5.74, 6) is 0. The van der Waals surface area contributed by atoms with Crippen molar-refractivity contribution in [2.45, 2.75) is 52.4 Å². The van der Waals surface area contributed by atoms with Crippen molar-refractivity contribution in [3.63, 3.8) is 0 Å². The maximum atomic E-state index is 11.6. The minimum atomic E-state index is -0.372. The Morgan fingerprint density at radius 3 is 1.94 bits per heavy atom. The van der Waals surface area contributed by atoms with Crippen LogP contribution >= 0.6 is 0 Å². The summed E-state index contributed by atoms with van der Waals surface area (Å²) in [6, 6.07) is 4.82. The quantitative estimate of drug-likeness (QED) is 0.464. The van der Waals surface area contributed by atoms with E-state index in [9.17, 15) is 4.79 Å². The van der Waals surface area contributed by atoms with Crippen molar-refractivity contribution in [2.24, 2.45) is 0 Å². The Labute approximate surface area is 120 Å². The van der Waals surface area contributed by atoms with Crippen molar-refractivity contribution in [1.29, 1.82) is 0 Å². The Morgan fingerprint density at radius 2 is 1.56 bits per heavy atom. The molecule has 84 valence electrons. The molecule has 0 aliphatic carbocycles. The minimum absolute atomic E-state index is 0. The van der Waals surface area contributed by atoms with Crippen molar-refractivity contribution < 1.29 is 18.9 Å². The SMILES string of the molecule is CC(C)(C)c1[c-]c(=O)cc(C(C)(C)C)[te]1.[Li+]. The van der Waals surface area contributed by atoms with E-state index in [2.05, 4.69) is 47.6 Å². The molecule has 0 unspecified atom stereocenters. The third-order valence-electron chi connectivity index (χ3n) is 2.13. The molecule has 0 saturated carbocycles. The Hall–Kier alpha value is 0.537. The summed E-state index contributed by atoms with van der Waals surface area (Å²) in [5, 5.41) is 0. The molecule has 1 rings (SSSR count). The van der Waals surface area contributed by atoms with Gasteiger partial charge in [-0.3, -0.25) is 0 Å². The van der Waals surface area contributed by atoms with Gasteiger partial charge >= 0.3 is 121 Å². The van der Waals surface area contributed by atoms with Gasteiger partial charge in [-0.25, -0.2) is 0 Å². The molecule has 0 N–H and O–H groups in total. The Balaban J connectivity index is 0.00000225. The van der Waals surface area contributed by atoms with Crippen LogP contribution in [0.1, 0.15) is 48.7 Å². The second-order valence-electron chi connectivity index (χ2n) is 5.93. The third-order valence-corrected chi connectivity index (χ3v) is 7.46. The van der Waals surface area contributed by atoms with E-state index in [0.717, 1.165) is 0 Å². The van der Waals surface area contributed by atoms with Gasteiger partial charge in [-0.1, -0.05) is 0 Å². The van der Waals surface area contributed by atoms with E-state index < -0.39 is 0 Å². The van der Waals surface area contributed by atoms with Gasteiger partial charge in [0.15, 0.2) is 0 Å². The molecule has 16 heavy (non-hydrogen) atoms. The Kier molecular flexibility index (Phi) is 5.64. The molecule has 1 aromatic heterocycles. The molecule has 0 aliphatic rings. The van der Waals surface area contributed by atoms with Gasteiger partial charge in [-0.15, -0.1) is 0 Å². The van der Waals surface area contributed by atoms with Crippen LogP contribution in [-0.2, 0) is 10.8 Å². The normalized spacial score (nSPS) is 12.1. The van der Waals surface area contributed by atoms with Gasteiger partial charge in [0.2, 0.25) is 0 Å². The summed E-state index contributed by atoms with van der Waals surface area (Å²) in [6.07, 6.45) is 0. The van der Waals surface area contributed by atoms with E-state index in [1.165, 1.54) is 7.16 Å². The molecular formula is C13H19LiOTe. The number of rotatable bonds is 0. The molecular weight excluding hydrogens is 307 g/mol. The molecule has 0 aromatic carbocycles. The Bertz CT molecular complexity index is 372. The van der Waals surface area contributed by atoms with Crippen LogP contribution in [0.4, 0.5) is 0 Å². The predicted molar refractivity (Wildman–Crippen MR) is 65.9 cm³/mol. The zero-order chi connectivity index (χ0) is 11.9. The van der Waals surface area contributed by atoms with Crippen LogP contribution in [0.5, 0.6) is 0 Å². The molecule has 0 amide bonds. The number of hydrogen-bond acceptors (Lipinski definition) is 1. The van der Waals surface area contributed by atoms with E-state index >= 15 is 0 Å². The standard InChI is InChI=1S/C13H19OTe.Li/c1-12(2,3)10-7-9(14)8-11(15-10)13(4,5)6;/h7H,1-6H3;/q-1;+1. The van der Waals surface area contributed by atoms with Gasteiger partial charge < -0.3 is 0 Å². The van der Waals surface area contributed by atoms with E-state index in [0.29, 0.717) is 0 Å². The second-order valence-corrected chi connectivity index (χ2v) is 8.93. The number of hydrogen-bond donors (Lipinski definition) is 0. The first-order valence-electron chi connectivity index (χ1n) is 5.19. The van der Waals surface area contributed by atoms with Gasteiger partial charge in [0, 0.05) is 0 Å². The molecule has 0 atom stereocenters. The molecule has 3 heteroatoms. The summed E-state index contributed by atoms with van der Waals surface area (Å²) in [5.41, 5.74) is 0.292. The van der Waals surface area contributed by atoms with E-state index in [-0.39, 0.29) is 55.6 Å². The monoisotopic (exact) mass is 328 g/mol. The molecule has 0 radical (unpaired) electrons. The van der Waals surface area contributed by atoms with Crippen LogP contribution in [-0.4, -0.2) is 20.4 Å². The summed E-state index contributed by atoms with van der Waals surface area (Å²) >= 11 is -0.372. The van der Waals surface area contributed by atoms with Crippen molar-refractivity contribution in [2.75, 3.05) is 0 Å². The van der Waals surface area contributed by atoms with Crippen LogP contribution in [0, 0.1) is 6.07 Å². The van der Waals surface area contributed by atoms with Crippen molar-refractivity contribution in [1.82, 2.24) is 0 Å². The maximum absolute atomic E-state index is 11.6. The van der Waals surface area contributed by atoms with E-state index in [4.69, 9.17) is 0 Å². The average Bonchev–Trinajstić information content (AvgIpc) is 1.99. The fraction of sp³-hybridized carbons (Fsp3) is 0.615. The maximum Gasteiger partial charge on any atom is 1.00 e. The molecule has 0 aliphatic heterocycles. The fourth-order valence-electron chi connectivity index (χ4n) is 1.14. The summed E-state index contributed by atoms with van der Waals surface area (Å²) in [6.45, 7) is 13.0. The second kappa shape index (κ2) is 5.45. The Morgan fingerprint density at radius 1 is 1.06 bits per heavy atom. The molecule has 1 aromatic rings. The van der Waals surface area contributed by atoms with Crippen LogP contribution < -0.4 is 24.3 Å². The van der Waals surface area contributed by atoms with Gasteiger partial charge in [-0.2, -0.15) is 0 Å². The first-order valence-corrected chi connectivity index (χ1v) is 7.52. The van der Waals surface area contributed by atoms with Gasteiger partial charge in [0.1, 0.15) is 0 Å². The summed E-state index contributed by atoms with van der Waals surface area (Å²) in [7, 11) is 0. The van der Waals surface area contributed by atoms with Crippen molar-refractivity contribution in [3.05, 3.63) is 29.5 Å². The molecule has 0 saturated heterocycles. The molecule has 1 nitrogen and oxygen atoms in total. The van der Waals surface area contributed by atoms with Crippen LogP contribution in [0.2, 0.25) is 0 Å². The fourth-order valence-corrected chi connectivity index (χ4v) is 4.42. The first-order chi connectivity index (χ1) is 6.60. The third kappa shape index (κ3) is 4.42. The van der Waals surface area contributed by atoms with Gasteiger partial charge in [0.05, 0.1) is 0 Å². The zero-order valence-corrected chi connectivity index (χ0v) is 13.7. The zero-order valence-electron chi connectivity index (χ0n) is 11.4. The molecule has 0 spiro atoms. The topological polar surface area (TPSA) is 17.1 Å². The molecule has 1 heterocycles. The van der Waals surface area contributed by atoms with E-state index in [1.54, 1.807) is 6.07 Å². The van der Waals surface area contributed by atoms with Crippen molar-refractivity contribution >= 4 is 20.4 Å². The largest absolute Gasteiger partial charge is 1.00 e. The summed E-state index contributed by atoms with van der Waals surface area (Å²) in [4.78, 5) is 11.6. The van der Waals surface area contributed by atoms with Crippen LogP contribution in [0.25, 0.3) is 0 Å². The minimum Gasteiger partial charge on any atom is 1.00 e. The first kappa shape index (κ1) is 16.5. The smallest absolute Gasteiger partial charge is 1.00 e. The van der Waals surface area contributed by atoms with Crippen LogP contribution in [0.15, 0.2) is 10.9 Å². The van der Waals surface area contributed by atoms with Crippen molar-refractivity contribution in [3.8, 4) is 0 Å². The molecule has 0 bridgehead atoms. The summed E-state index contributed by atoms with van der Waals surface area (Å²) < 4.78 is 2.60. The predicted octanol–water partition coefficient (Wildman–Crippen LogP) is -0.497. The van der Waals surface area contributed by atoms with Crippen LogP contribution in [0.3, 0.4) is 0 Å².